The summed E-state index contributed by atoms with van der Waals surface area (Å²) in [7, 11) is 0. The van der Waals surface area contributed by atoms with Crippen LogP contribution in [0.25, 0.3) is 11.0 Å². The number of thiophene rings is 1. The first kappa shape index (κ1) is 24.6. The monoisotopic (exact) mass is 516 g/mol. The average molecular weight is 517 g/mol. The average Bonchev–Trinajstić information content (AvgIpc) is 3.66. The highest BCUT2D eigenvalue weighted by Crippen LogP contribution is 2.33. The van der Waals surface area contributed by atoms with Crippen LogP contribution in [0.15, 0.2) is 66.0 Å². The third-order valence-corrected chi connectivity index (χ3v) is 7.39. The second kappa shape index (κ2) is 10.9. The number of amides is 3. The molecule has 4 aromatic rings. The molecule has 0 radical (unpaired) electrons. The number of rotatable bonds is 8. The molecule has 190 valence electrons. The number of nitrogens with zero attached hydrogens (tertiary/aromatic N) is 4. The van der Waals surface area contributed by atoms with Crippen LogP contribution in [-0.2, 0) is 20.9 Å². The van der Waals surface area contributed by atoms with Gasteiger partial charge in [0.2, 0.25) is 17.7 Å². The fraction of sp³-hybridized carbons (Fsp3) is 0.296. The predicted molar refractivity (Wildman–Crippen MR) is 143 cm³/mol. The van der Waals surface area contributed by atoms with E-state index in [1.807, 2.05) is 41.8 Å². The van der Waals surface area contributed by atoms with E-state index in [1.54, 1.807) is 28.9 Å². The van der Waals surface area contributed by atoms with Crippen molar-refractivity contribution < 1.29 is 14.4 Å². The molecule has 0 bridgehead atoms. The number of nitrogens with one attached hydrogen (secondary N) is 2. The zero-order valence-corrected chi connectivity index (χ0v) is 21.3. The number of carbonyl (C=O) groups is 3. The number of anilines is 2. The summed E-state index contributed by atoms with van der Waals surface area (Å²) in [5.41, 5.74) is 2.58. The fourth-order valence-corrected chi connectivity index (χ4v) is 5.57. The predicted octanol–water partition coefficient (Wildman–Crippen LogP) is 4.28. The standard InChI is InChI=1S/C27H28N6O3S/c1-18(34)28-20-12-14-21(15-13-20)33(25(35)17-32-23-10-5-4-9-22(23)30-31-32)26(24-11-6-16-37-24)27(36)29-19-7-2-3-8-19/h4-6,9-16,19,26H,2-3,7-8,17H2,1H3,(H,28,34)(H,29,36)/t26-/m0/s1. The summed E-state index contributed by atoms with van der Waals surface area (Å²) < 4.78 is 1.55. The van der Waals surface area contributed by atoms with Crippen LogP contribution in [0.3, 0.4) is 0 Å². The Bertz CT molecular complexity index is 1390. The lowest BCUT2D eigenvalue weighted by Gasteiger charge is -2.31. The molecule has 0 spiro atoms. The van der Waals surface area contributed by atoms with Crippen LogP contribution in [-0.4, -0.2) is 38.8 Å². The molecule has 1 saturated carbocycles. The molecule has 37 heavy (non-hydrogen) atoms. The molecule has 1 aliphatic rings. The van der Waals surface area contributed by atoms with E-state index in [2.05, 4.69) is 20.9 Å². The van der Waals surface area contributed by atoms with Gasteiger partial charge in [-0.3, -0.25) is 19.3 Å². The SMILES string of the molecule is CC(=O)Nc1ccc(N(C(=O)Cn2nnc3ccccc32)[C@H](C(=O)NC2CCCC2)c2cccs2)cc1. The van der Waals surface area contributed by atoms with Crippen LogP contribution in [0.5, 0.6) is 0 Å². The fourth-order valence-electron chi connectivity index (χ4n) is 4.75. The second-order valence-electron chi connectivity index (χ2n) is 9.14. The van der Waals surface area contributed by atoms with Crippen molar-refractivity contribution in [3.63, 3.8) is 0 Å². The quantitative estimate of drug-likeness (QED) is 0.363. The second-order valence-corrected chi connectivity index (χ2v) is 10.1. The molecule has 1 fully saturated rings. The molecule has 2 heterocycles. The topological polar surface area (TPSA) is 109 Å². The smallest absolute Gasteiger partial charge is 0.249 e. The maximum atomic E-state index is 14.0. The lowest BCUT2D eigenvalue weighted by atomic mass is 10.1. The van der Waals surface area contributed by atoms with Gasteiger partial charge in [-0.1, -0.05) is 36.3 Å². The first-order valence-corrected chi connectivity index (χ1v) is 13.2. The van der Waals surface area contributed by atoms with Crippen molar-refractivity contribution in [1.82, 2.24) is 20.3 Å². The molecule has 3 amide bonds. The summed E-state index contributed by atoms with van der Waals surface area (Å²) in [4.78, 5) is 41.5. The number of aromatic nitrogens is 3. The van der Waals surface area contributed by atoms with Gasteiger partial charge < -0.3 is 10.6 Å². The molecule has 1 aliphatic carbocycles. The third-order valence-electron chi connectivity index (χ3n) is 6.46. The van der Waals surface area contributed by atoms with Crippen LogP contribution >= 0.6 is 11.3 Å². The highest BCUT2D eigenvalue weighted by molar-refractivity contribution is 7.10. The molecule has 0 unspecified atom stereocenters. The minimum Gasteiger partial charge on any atom is -0.351 e. The van der Waals surface area contributed by atoms with E-state index in [4.69, 9.17) is 0 Å². The molecule has 2 aromatic carbocycles. The lowest BCUT2D eigenvalue weighted by Crippen LogP contribution is -2.47. The summed E-state index contributed by atoms with van der Waals surface area (Å²) in [5.74, 6) is -0.703. The first-order valence-electron chi connectivity index (χ1n) is 12.3. The number of benzene rings is 2. The van der Waals surface area contributed by atoms with Crippen molar-refractivity contribution in [3.8, 4) is 0 Å². The van der Waals surface area contributed by atoms with Gasteiger partial charge in [0.1, 0.15) is 18.1 Å². The van der Waals surface area contributed by atoms with Crippen molar-refractivity contribution in [2.45, 2.75) is 51.2 Å². The third kappa shape index (κ3) is 5.54. The Kier molecular flexibility index (Phi) is 7.27. The van der Waals surface area contributed by atoms with E-state index in [1.165, 1.54) is 23.2 Å². The number of hydrogen-bond donors (Lipinski definition) is 2. The van der Waals surface area contributed by atoms with Crippen molar-refractivity contribution >= 4 is 51.5 Å². The minimum atomic E-state index is -0.852. The molecule has 0 aliphatic heterocycles. The maximum absolute atomic E-state index is 14.0. The van der Waals surface area contributed by atoms with Crippen LogP contribution in [0.4, 0.5) is 11.4 Å². The summed E-state index contributed by atoms with van der Waals surface area (Å²) in [5, 5.41) is 16.2. The molecule has 10 heteroatoms. The van der Waals surface area contributed by atoms with Gasteiger partial charge in [0.15, 0.2) is 0 Å². The van der Waals surface area contributed by atoms with Crippen LogP contribution in [0.2, 0.25) is 0 Å². The van der Waals surface area contributed by atoms with Gasteiger partial charge in [0, 0.05) is 29.2 Å². The highest BCUT2D eigenvalue weighted by atomic mass is 32.1. The van der Waals surface area contributed by atoms with Gasteiger partial charge in [0.25, 0.3) is 0 Å². The Morgan fingerprint density at radius 1 is 1.05 bits per heavy atom. The van der Waals surface area contributed by atoms with E-state index in [0.717, 1.165) is 36.1 Å². The largest absolute Gasteiger partial charge is 0.351 e. The molecule has 2 aromatic heterocycles. The lowest BCUT2D eigenvalue weighted by molar-refractivity contribution is -0.127. The van der Waals surface area contributed by atoms with Crippen molar-refractivity contribution in [3.05, 3.63) is 70.9 Å². The van der Waals surface area contributed by atoms with Gasteiger partial charge in [-0.2, -0.15) is 0 Å². The van der Waals surface area contributed by atoms with Gasteiger partial charge in [-0.15, -0.1) is 16.4 Å². The van der Waals surface area contributed by atoms with Gasteiger partial charge in [-0.25, -0.2) is 4.68 Å². The highest BCUT2D eigenvalue weighted by Gasteiger charge is 2.35. The van der Waals surface area contributed by atoms with E-state index in [0.29, 0.717) is 16.9 Å². The summed E-state index contributed by atoms with van der Waals surface area (Å²) >= 11 is 1.43. The maximum Gasteiger partial charge on any atom is 0.249 e. The Morgan fingerprint density at radius 3 is 2.51 bits per heavy atom. The Hall–Kier alpha value is -4.05. The number of fused-ring (bicyclic) bond motifs is 1. The van der Waals surface area contributed by atoms with Gasteiger partial charge in [0.05, 0.1) is 5.52 Å². The molecule has 2 N–H and O–H groups in total. The molecule has 9 nitrogen and oxygen atoms in total. The van der Waals surface area contributed by atoms with Crippen LogP contribution < -0.4 is 15.5 Å². The number of para-hydroxylation sites is 1. The Balaban J connectivity index is 1.53. The van der Waals surface area contributed by atoms with Crippen molar-refractivity contribution in [1.29, 1.82) is 0 Å². The van der Waals surface area contributed by atoms with E-state index >= 15 is 0 Å². The molecule has 0 saturated heterocycles. The molecule has 1 atom stereocenters. The van der Waals surface area contributed by atoms with Gasteiger partial charge >= 0.3 is 0 Å². The normalized spacial score (nSPS) is 14.4. The van der Waals surface area contributed by atoms with Crippen molar-refractivity contribution in [2.75, 3.05) is 10.2 Å². The zero-order chi connectivity index (χ0) is 25.8. The number of hydrogen-bond acceptors (Lipinski definition) is 6. The van der Waals surface area contributed by atoms with Crippen molar-refractivity contribution in [2.24, 2.45) is 0 Å². The summed E-state index contributed by atoms with van der Waals surface area (Å²) in [6.07, 6.45) is 4.04. The number of carbonyl (C=O) groups excluding carboxylic acids is 3. The molecule has 5 rings (SSSR count). The van der Waals surface area contributed by atoms with E-state index in [9.17, 15) is 14.4 Å². The summed E-state index contributed by atoms with van der Waals surface area (Å²) in [6.45, 7) is 1.35. The van der Waals surface area contributed by atoms with E-state index < -0.39 is 6.04 Å². The minimum absolute atomic E-state index is 0.0907. The van der Waals surface area contributed by atoms with E-state index in [-0.39, 0.29) is 30.3 Å². The van der Waals surface area contributed by atoms with Crippen LogP contribution in [0.1, 0.15) is 43.5 Å². The first-order chi connectivity index (χ1) is 18.0. The Morgan fingerprint density at radius 2 is 1.81 bits per heavy atom. The summed E-state index contributed by atoms with van der Waals surface area (Å²) in [6, 6.07) is 17.4. The molecular formula is C27H28N6O3S. The molecular weight excluding hydrogens is 488 g/mol. The Labute approximate surface area is 218 Å². The zero-order valence-electron chi connectivity index (χ0n) is 20.5. The van der Waals surface area contributed by atoms with Gasteiger partial charge in [-0.05, 0) is 60.7 Å². The van der Waals surface area contributed by atoms with Crippen LogP contribution in [0, 0.1) is 0 Å².